The van der Waals surface area contributed by atoms with Crippen molar-refractivity contribution < 1.29 is 4.74 Å². The Balaban J connectivity index is 3.35. The van der Waals surface area contributed by atoms with E-state index < -0.39 is 0 Å². The third kappa shape index (κ3) is 9.25. The molecule has 0 amide bonds. The third-order valence-electron chi connectivity index (χ3n) is 2.92. The highest BCUT2D eigenvalue weighted by atomic mass is 32.1. The molecule has 2 unspecified atom stereocenters. The van der Waals surface area contributed by atoms with Gasteiger partial charge in [-0.2, -0.15) is 12.6 Å². The first-order valence-electron chi connectivity index (χ1n) is 6.47. The van der Waals surface area contributed by atoms with Gasteiger partial charge in [0.25, 0.3) is 0 Å². The number of hydrogen-bond acceptors (Lipinski definition) is 2. The molecule has 92 valence electrons. The highest BCUT2D eigenvalue weighted by Crippen LogP contribution is 2.11. The van der Waals surface area contributed by atoms with Crippen molar-refractivity contribution in [3.63, 3.8) is 0 Å². The van der Waals surface area contributed by atoms with Crippen molar-refractivity contribution in [3.05, 3.63) is 0 Å². The predicted octanol–water partition coefficient (Wildman–Crippen LogP) is 4.32. The molecule has 0 rings (SSSR count). The Kier molecular flexibility index (Phi) is 11.0. The molecule has 1 nitrogen and oxygen atoms in total. The van der Waals surface area contributed by atoms with Crippen molar-refractivity contribution in [1.82, 2.24) is 0 Å². The van der Waals surface area contributed by atoms with Crippen LogP contribution in [0.15, 0.2) is 0 Å². The van der Waals surface area contributed by atoms with Crippen LogP contribution in [0.3, 0.4) is 0 Å². The summed E-state index contributed by atoms with van der Waals surface area (Å²) in [6, 6.07) is 0. The summed E-state index contributed by atoms with van der Waals surface area (Å²) in [4.78, 5) is 0. The maximum absolute atomic E-state index is 5.82. The zero-order valence-electron chi connectivity index (χ0n) is 10.7. The molecule has 0 N–H and O–H groups in total. The molecule has 0 aliphatic heterocycles. The Morgan fingerprint density at radius 3 is 2.40 bits per heavy atom. The molecule has 0 aromatic rings. The van der Waals surface area contributed by atoms with E-state index in [2.05, 4.69) is 33.4 Å². The molecule has 0 heterocycles. The predicted molar refractivity (Wildman–Crippen MR) is 71.8 cm³/mol. The molecule has 0 spiro atoms. The van der Waals surface area contributed by atoms with E-state index in [1.807, 2.05) is 0 Å². The molecule has 0 bridgehead atoms. The van der Waals surface area contributed by atoms with Crippen LogP contribution in [0, 0.1) is 5.92 Å². The summed E-state index contributed by atoms with van der Waals surface area (Å²) in [6.07, 6.45) is 8.15. The quantitative estimate of drug-likeness (QED) is 0.436. The van der Waals surface area contributed by atoms with E-state index in [1.54, 1.807) is 0 Å². The molecule has 2 atom stereocenters. The second-order valence-electron chi connectivity index (χ2n) is 4.45. The van der Waals surface area contributed by atoms with Gasteiger partial charge in [0, 0.05) is 0 Å². The van der Waals surface area contributed by atoms with Crippen molar-refractivity contribution >= 4 is 12.6 Å². The molecule has 2 heteroatoms. The highest BCUT2D eigenvalue weighted by Gasteiger charge is 2.07. The number of ether oxygens (including phenoxy) is 1. The summed E-state index contributed by atoms with van der Waals surface area (Å²) in [6.45, 7) is 7.53. The van der Waals surface area contributed by atoms with E-state index in [4.69, 9.17) is 4.74 Å². The molecule has 0 radical (unpaired) electrons. The summed E-state index contributed by atoms with van der Waals surface area (Å²) in [5, 5.41) is 0. The highest BCUT2D eigenvalue weighted by molar-refractivity contribution is 7.80. The van der Waals surface area contributed by atoms with Crippen molar-refractivity contribution in [1.29, 1.82) is 0 Å². The van der Waals surface area contributed by atoms with Crippen molar-refractivity contribution in [2.24, 2.45) is 5.92 Å². The zero-order valence-corrected chi connectivity index (χ0v) is 11.6. The number of rotatable bonds is 10. The van der Waals surface area contributed by atoms with Gasteiger partial charge in [0.1, 0.15) is 0 Å². The summed E-state index contributed by atoms with van der Waals surface area (Å²) in [5.41, 5.74) is 0. The normalized spacial score (nSPS) is 15.2. The van der Waals surface area contributed by atoms with Crippen LogP contribution in [-0.4, -0.2) is 18.5 Å². The van der Waals surface area contributed by atoms with Crippen molar-refractivity contribution in [2.75, 3.05) is 12.4 Å². The molecule has 0 aromatic heterocycles. The smallest absolute Gasteiger partial charge is 0.0547 e. The average Bonchev–Trinajstić information content (AvgIpc) is 2.26. The lowest BCUT2D eigenvalue weighted by molar-refractivity contribution is 0.0377. The monoisotopic (exact) mass is 232 g/mol. The average molecular weight is 232 g/mol. The SMILES string of the molecule is CCCCCCC(C)OCC(CC)CS. The number of hydrogen-bond donors (Lipinski definition) is 1. The molecule has 15 heavy (non-hydrogen) atoms. The molecule has 0 aliphatic carbocycles. The van der Waals surface area contributed by atoms with E-state index in [0.29, 0.717) is 12.0 Å². The maximum Gasteiger partial charge on any atom is 0.0547 e. The van der Waals surface area contributed by atoms with E-state index >= 15 is 0 Å². The van der Waals surface area contributed by atoms with Crippen LogP contribution in [-0.2, 0) is 4.74 Å². The first kappa shape index (κ1) is 15.3. The lowest BCUT2D eigenvalue weighted by Gasteiger charge is -2.17. The van der Waals surface area contributed by atoms with E-state index in [1.165, 1.54) is 38.5 Å². The van der Waals surface area contributed by atoms with E-state index in [-0.39, 0.29) is 0 Å². The van der Waals surface area contributed by atoms with Crippen LogP contribution in [0.4, 0.5) is 0 Å². The fraction of sp³-hybridized carbons (Fsp3) is 1.00. The minimum atomic E-state index is 0.427. The van der Waals surface area contributed by atoms with Gasteiger partial charge in [0.2, 0.25) is 0 Å². The lowest BCUT2D eigenvalue weighted by Crippen LogP contribution is -2.16. The van der Waals surface area contributed by atoms with E-state index in [9.17, 15) is 0 Å². The third-order valence-corrected chi connectivity index (χ3v) is 3.43. The Morgan fingerprint density at radius 1 is 1.13 bits per heavy atom. The minimum Gasteiger partial charge on any atom is -0.378 e. The van der Waals surface area contributed by atoms with Crippen molar-refractivity contribution in [3.8, 4) is 0 Å². The summed E-state index contributed by atoms with van der Waals surface area (Å²) in [7, 11) is 0. The molecule has 0 aliphatic rings. The Bertz CT molecular complexity index is 124. The molecule has 0 saturated heterocycles. The summed E-state index contributed by atoms with van der Waals surface area (Å²) < 4.78 is 5.82. The zero-order chi connectivity index (χ0) is 11.5. The number of thiol groups is 1. The fourth-order valence-electron chi connectivity index (χ4n) is 1.54. The van der Waals surface area contributed by atoms with Gasteiger partial charge in [-0.15, -0.1) is 0 Å². The molecule has 0 fully saturated rings. The first-order valence-corrected chi connectivity index (χ1v) is 7.10. The van der Waals surface area contributed by atoms with Gasteiger partial charge in [-0.3, -0.25) is 0 Å². The van der Waals surface area contributed by atoms with Gasteiger partial charge in [-0.05, 0) is 25.0 Å². The number of unbranched alkanes of at least 4 members (excludes halogenated alkanes) is 3. The molecular formula is C13H28OS. The summed E-state index contributed by atoms with van der Waals surface area (Å²) >= 11 is 4.32. The fourth-order valence-corrected chi connectivity index (χ4v) is 1.91. The minimum absolute atomic E-state index is 0.427. The van der Waals surface area contributed by atoms with Gasteiger partial charge >= 0.3 is 0 Å². The molecule has 0 aromatic carbocycles. The summed E-state index contributed by atoms with van der Waals surface area (Å²) in [5.74, 6) is 1.57. The standard InChI is InChI=1S/C13H28OS/c1-4-6-7-8-9-12(3)14-10-13(5-2)11-15/h12-13,15H,4-11H2,1-3H3. The van der Waals surface area contributed by atoms with Gasteiger partial charge in [0.05, 0.1) is 12.7 Å². The van der Waals surface area contributed by atoms with Gasteiger partial charge in [-0.1, -0.05) is 46.0 Å². The first-order chi connectivity index (χ1) is 7.24. The lowest BCUT2D eigenvalue weighted by atomic mass is 10.1. The largest absolute Gasteiger partial charge is 0.378 e. The topological polar surface area (TPSA) is 9.23 Å². The molecule has 0 saturated carbocycles. The van der Waals surface area contributed by atoms with Gasteiger partial charge < -0.3 is 4.74 Å². The molecular weight excluding hydrogens is 204 g/mol. The Morgan fingerprint density at radius 2 is 1.87 bits per heavy atom. The van der Waals surface area contributed by atoms with Crippen LogP contribution in [0.25, 0.3) is 0 Å². The van der Waals surface area contributed by atoms with Crippen LogP contribution in [0.2, 0.25) is 0 Å². The second kappa shape index (κ2) is 10.8. The maximum atomic E-state index is 5.82. The Labute approximate surface area is 101 Å². The van der Waals surface area contributed by atoms with E-state index in [0.717, 1.165) is 12.4 Å². The Hall–Kier alpha value is 0.310. The van der Waals surface area contributed by atoms with Gasteiger partial charge in [-0.25, -0.2) is 0 Å². The van der Waals surface area contributed by atoms with Crippen LogP contribution < -0.4 is 0 Å². The second-order valence-corrected chi connectivity index (χ2v) is 4.82. The van der Waals surface area contributed by atoms with Crippen molar-refractivity contribution in [2.45, 2.75) is 65.4 Å². The van der Waals surface area contributed by atoms with Crippen LogP contribution in [0.1, 0.15) is 59.3 Å². The van der Waals surface area contributed by atoms with Crippen LogP contribution in [0.5, 0.6) is 0 Å². The van der Waals surface area contributed by atoms with Crippen LogP contribution >= 0.6 is 12.6 Å². The van der Waals surface area contributed by atoms with Gasteiger partial charge in [0.15, 0.2) is 0 Å².